The van der Waals surface area contributed by atoms with Gasteiger partial charge in [0.2, 0.25) is 11.8 Å². The molecule has 4 rings (SSSR count). The number of piperidine rings is 1. The van der Waals surface area contributed by atoms with Gasteiger partial charge in [-0.25, -0.2) is 18.4 Å². The van der Waals surface area contributed by atoms with Gasteiger partial charge < -0.3 is 19.8 Å². The smallest absolute Gasteiger partial charge is 0.407 e. The molecule has 1 aromatic carbocycles. The summed E-state index contributed by atoms with van der Waals surface area (Å²) in [6.07, 6.45) is -0.535. The largest absolute Gasteiger partial charge is 0.465 e. The molecule has 0 aliphatic carbocycles. The minimum Gasteiger partial charge on any atom is -0.465 e. The highest BCUT2D eigenvalue weighted by Gasteiger charge is 2.42. The van der Waals surface area contributed by atoms with Crippen LogP contribution < -0.4 is 10.2 Å². The topological polar surface area (TPSA) is 114 Å². The number of benzene rings is 1. The summed E-state index contributed by atoms with van der Waals surface area (Å²) in [5, 5.41) is 11.9. The third-order valence-electron chi connectivity index (χ3n) is 6.70. The van der Waals surface area contributed by atoms with Crippen LogP contribution in [0.15, 0.2) is 12.1 Å². The zero-order valence-electron chi connectivity index (χ0n) is 19.0. The Kier molecular flexibility index (Phi) is 6.32. The number of hydrogen-bond donors (Lipinski definition) is 2. The second-order valence-corrected chi connectivity index (χ2v) is 9.14. The first kappa shape index (κ1) is 23.7. The van der Waals surface area contributed by atoms with Gasteiger partial charge in [-0.1, -0.05) is 0 Å². The molecule has 184 valence electrons. The molecule has 3 saturated heterocycles. The fraction of sp³-hybridized carbons (Fsp3) is 0.545. The van der Waals surface area contributed by atoms with Gasteiger partial charge >= 0.3 is 12.1 Å². The zero-order chi connectivity index (χ0) is 24.7. The summed E-state index contributed by atoms with van der Waals surface area (Å²) in [7, 11) is 3.27. The first-order valence-electron chi connectivity index (χ1n) is 11.1. The van der Waals surface area contributed by atoms with Gasteiger partial charge in [0.15, 0.2) is 0 Å². The summed E-state index contributed by atoms with van der Waals surface area (Å²) in [6.45, 7) is 1.26. The zero-order valence-corrected chi connectivity index (χ0v) is 19.0. The van der Waals surface area contributed by atoms with E-state index in [0.29, 0.717) is 19.5 Å². The van der Waals surface area contributed by atoms with Gasteiger partial charge in [0.25, 0.3) is 0 Å². The van der Waals surface area contributed by atoms with E-state index in [4.69, 9.17) is 0 Å². The van der Waals surface area contributed by atoms with E-state index in [1.54, 1.807) is 23.9 Å². The number of amides is 5. The van der Waals surface area contributed by atoms with Gasteiger partial charge in [-0.2, -0.15) is 0 Å². The molecule has 0 radical (unpaired) electrons. The Morgan fingerprint density at radius 3 is 2.26 bits per heavy atom. The average Bonchev–Trinajstić information content (AvgIpc) is 3.19. The van der Waals surface area contributed by atoms with Crippen LogP contribution in [0.4, 0.5) is 24.1 Å². The molecule has 10 nitrogen and oxygen atoms in total. The van der Waals surface area contributed by atoms with Crippen LogP contribution in [0.5, 0.6) is 0 Å². The van der Waals surface area contributed by atoms with Crippen molar-refractivity contribution in [1.82, 2.24) is 20.0 Å². The van der Waals surface area contributed by atoms with Gasteiger partial charge in [-0.3, -0.25) is 19.8 Å². The number of nitrogens with one attached hydrogen (secondary N) is 1. The maximum absolute atomic E-state index is 14.8. The van der Waals surface area contributed by atoms with E-state index in [9.17, 15) is 33.1 Å². The molecule has 3 fully saturated rings. The normalized spacial score (nSPS) is 22.9. The van der Waals surface area contributed by atoms with Crippen molar-refractivity contribution in [3.63, 3.8) is 0 Å². The number of hydrogen-bond acceptors (Lipinski definition) is 5. The molecule has 34 heavy (non-hydrogen) atoms. The van der Waals surface area contributed by atoms with Crippen LogP contribution in [0.2, 0.25) is 0 Å². The van der Waals surface area contributed by atoms with E-state index in [0.717, 1.165) is 12.1 Å². The molecule has 2 atom stereocenters. The van der Waals surface area contributed by atoms with E-state index < -0.39 is 35.5 Å². The molecule has 0 aromatic heterocycles. The summed E-state index contributed by atoms with van der Waals surface area (Å²) in [4.78, 5) is 53.6. The molecule has 1 unspecified atom stereocenters. The van der Waals surface area contributed by atoms with Gasteiger partial charge in [0.1, 0.15) is 11.6 Å². The highest BCUT2D eigenvalue weighted by Crippen LogP contribution is 2.34. The standard InChI is InChI=1S/C22H27F2N5O5/c1-26(2)21(32)27-6-5-12(9-27)29(22(33)34)14-10-28(11-14)13-7-16(23)19(17(24)8-13)15-3-4-18(30)25-20(15)31/h7-8,12,14-15H,3-6,9-11H2,1-2H3,(H,33,34)(H,25,30,31)/t12-,15?/m1/s1. The first-order valence-corrected chi connectivity index (χ1v) is 11.1. The van der Waals surface area contributed by atoms with E-state index in [-0.39, 0.29) is 55.3 Å². The quantitative estimate of drug-likeness (QED) is 0.632. The molecular weight excluding hydrogens is 452 g/mol. The van der Waals surface area contributed by atoms with Crippen molar-refractivity contribution in [2.45, 2.75) is 37.3 Å². The van der Waals surface area contributed by atoms with Crippen molar-refractivity contribution in [3.8, 4) is 0 Å². The van der Waals surface area contributed by atoms with Crippen LogP contribution >= 0.6 is 0 Å². The third kappa shape index (κ3) is 4.36. The highest BCUT2D eigenvalue weighted by atomic mass is 19.1. The lowest BCUT2D eigenvalue weighted by atomic mass is 9.89. The second kappa shape index (κ2) is 9.07. The third-order valence-corrected chi connectivity index (χ3v) is 6.70. The highest BCUT2D eigenvalue weighted by molar-refractivity contribution is 6.01. The number of nitrogens with zero attached hydrogens (tertiary/aromatic N) is 4. The monoisotopic (exact) mass is 479 g/mol. The fourth-order valence-electron chi connectivity index (χ4n) is 4.93. The Labute approximate surface area is 195 Å². The van der Waals surface area contributed by atoms with Crippen molar-refractivity contribution in [2.75, 3.05) is 45.2 Å². The molecule has 3 heterocycles. The van der Waals surface area contributed by atoms with Crippen LogP contribution in [0.3, 0.4) is 0 Å². The molecular formula is C22H27F2N5O5. The molecule has 2 N–H and O–H groups in total. The van der Waals surface area contributed by atoms with Crippen LogP contribution in [-0.2, 0) is 9.59 Å². The number of carbonyl (C=O) groups is 4. The first-order chi connectivity index (χ1) is 16.1. The summed E-state index contributed by atoms with van der Waals surface area (Å²) >= 11 is 0. The van der Waals surface area contributed by atoms with Crippen molar-refractivity contribution in [2.24, 2.45) is 0 Å². The van der Waals surface area contributed by atoms with E-state index in [1.165, 1.54) is 9.80 Å². The Morgan fingerprint density at radius 1 is 1.06 bits per heavy atom. The molecule has 3 aliphatic heterocycles. The van der Waals surface area contributed by atoms with Crippen molar-refractivity contribution in [3.05, 3.63) is 29.3 Å². The lowest BCUT2D eigenvalue weighted by molar-refractivity contribution is -0.134. The maximum Gasteiger partial charge on any atom is 0.407 e. The molecule has 0 saturated carbocycles. The Hall–Kier alpha value is -3.44. The number of imide groups is 1. The van der Waals surface area contributed by atoms with Gasteiger partial charge in [-0.15, -0.1) is 0 Å². The number of carbonyl (C=O) groups excluding carboxylic acids is 3. The average molecular weight is 479 g/mol. The van der Waals surface area contributed by atoms with E-state index >= 15 is 0 Å². The predicted octanol–water partition coefficient (Wildman–Crippen LogP) is 1.41. The molecule has 1 aromatic rings. The summed E-state index contributed by atoms with van der Waals surface area (Å²) in [5.41, 5.74) is -0.113. The maximum atomic E-state index is 14.8. The van der Waals surface area contributed by atoms with Crippen LogP contribution in [0, 0.1) is 11.6 Å². The SMILES string of the molecule is CN(C)C(=O)N1CC[C@@H](N(C(=O)O)C2CN(c3cc(F)c(C4CCC(=O)NC4=O)c(F)c3)C2)C1. The number of likely N-dealkylation sites (tertiary alicyclic amines) is 1. The van der Waals surface area contributed by atoms with Crippen LogP contribution in [-0.4, -0.2) is 96.1 Å². The number of carboxylic acid groups (broad SMARTS) is 1. The van der Waals surface area contributed by atoms with Gasteiger partial charge in [0.05, 0.1) is 18.0 Å². The number of rotatable bonds is 4. The number of urea groups is 1. The Bertz CT molecular complexity index is 1010. The second-order valence-electron chi connectivity index (χ2n) is 9.14. The lowest BCUT2D eigenvalue weighted by Gasteiger charge is -2.47. The Balaban J connectivity index is 1.43. The Morgan fingerprint density at radius 2 is 1.71 bits per heavy atom. The van der Waals surface area contributed by atoms with E-state index in [2.05, 4.69) is 5.32 Å². The summed E-state index contributed by atoms with van der Waals surface area (Å²) in [6, 6.07) is 1.37. The number of halogens is 2. The van der Waals surface area contributed by atoms with Crippen LogP contribution in [0.25, 0.3) is 0 Å². The molecule has 12 heteroatoms. The van der Waals surface area contributed by atoms with E-state index in [1.807, 2.05) is 0 Å². The lowest BCUT2D eigenvalue weighted by Crippen LogP contribution is -2.63. The molecule has 5 amide bonds. The molecule has 0 spiro atoms. The fourth-order valence-corrected chi connectivity index (χ4v) is 4.93. The summed E-state index contributed by atoms with van der Waals surface area (Å²) < 4.78 is 29.6. The van der Waals surface area contributed by atoms with Gasteiger partial charge in [-0.05, 0) is 25.0 Å². The van der Waals surface area contributed by atoms with Gasteiger partial charge in [0, 0.05) is 57.9 Å². The molecule has 0 bridgehead atoms. The van der Waals surface area contributed by atoms with Crippen LogP contribution in [0.1, 0.15) is 30.7 Å². The van der Waals surface area contributed by atoms with Crippen molar-refractivity contribution in [1.29, 1.82) is 0 Å². The minimum absolute atomic E-state index is 0.00853. The van der Waals surface area contributed by atoms with Crippen molar-refractivity contribution < 1.29 is 33.1 Å². The number of anilines is 1. The summed E-state index contributed by atoms with van der Waals surface area (Å²) in [5.74, 6) is -4.02. The predicted molar refractivity (Wildman–Crippen MR) is 116 cm³/mol. The van der Waals surface area contributed by atoms with Crippen molar-refractivity contribution >= 4 is 29.6 Å². The minimum atomic E-state index is -1.10. The molecule has 3 aliphatic rings.